The Labute approximate surface area is 138 Å². The van der Waals surface area contributed by atoms with Crippen LogP contribution in [0.15, 0.2) is 35.1 Å². The molecule has 0 unspecified atom stereocenters. The molecule has 0 saturated carbocycles. The van der Waals surface area contributed by atoms with Gasteiger partial charge >= 0.3 is 0 Å². The molecule has 1 saturated heterocycles. The molecule has 0 atom stereocenters. The van der Waals surface area contributed by atoms with Crippen LogP contribution < -0.4 is 16.1 Å². The van der Waals surface area contributed by atoms with Crippen molar-refractivity contribution in [1.29, 1.82) is 0 Å². The molecule has 1 aromatic carbocycles. The number of carbonyl (C=O) groups is 1. The van der Waals surface area contributed by atoms with Gasteiger partial charge in [-0.2, -0.15) is 5.10 Å². The molecule has 2 aromatic rings. The van der Waals surface area contributed by atoms with Crippen molar-refractivity contribution < 1.29 is 9.18 Å². The van der Waals surface area contributed by atoms with E-state index in [1.54, 1.807) is 25.1 Å². The number of aryl methyl sites for hydroxylation is 1. The summed E-state index contributed by atoms with van der Waals surface area (Å²) in [7, 11) is 0. The molecule has 1 aliphatic rings. The van der Waals surface area contributed by atoms with Crippen molar-refractivity contribution in [2.24, 2.45) is 0 Å². The van der Waals surface area contributed by atoms with E-state index in [0.717, 1.165) is 25.9 Å². The summed E-state index contributed by atoms with van der Waals surface area (Å²) < 4.78 is 15.3. The van der Waals surface area contributed by atoms with Crippen LogP contribution in [0.5, 0.6) is 0 Å². The Morgan fingerprint density at radius 2 is 2.04 bits per heavy atom. The number of benzene rings is 1. The number of amides is 1. The van der Waals surface area contributed by atoms with Gasteiger partial charge in [-0.05, 0) is 45.0 Å². The van der Waals surface area contributed by atoms with Crippen molar-refractivity contribution in [2.45, 2.75) is 25.8 Å². The highest BCUT2D eigenvalue weighted by molar-refractivity contribution is 5.92. The van der Waals surface area contributed by atoms with Crippen LogP contribution in [0.2, 0.25) is 0 Å². The Balaban J connectivity index is 1.94. The van der Waals surface area contributed by atoms with Crippen molar-refractivity contribution >= 4 is 5.91 Å². The van der Waals surface area contributed by atoms with Crippen molar-refractivity contribution in [1.82, 2.24) is 20.4 Å². The lowest BCUT2D eigenvalue weighted by molar-refractivity contribution is 0.0921. The van der Waals surface area contributed by atoms with Crippen LogP contribution in [0, 0.1) is 12.7 Å². The Bertz CT molecular complexity index is 812. The van der Waals surface area contributed by atoms with Crippen molar-refractivity contribution in [3.8, 4) is 5.69 Å². The Morgan fingerprint density at radius 3 is 2.75 bits per heavy atom. The first-order valence-corrected chi connectivity index (χ1v) is 7.94. The summed E-state index contributed by atoms with van der Waals surface area (Å²) in [6.07, 6.45) is 1.61. The average molecular weight is 330 g/mol. The van der Waals surface area contributed by atoms with Crippen LogP contribution >= 0.6 is 0 Å². The van der Waals surface area contributed by atoms with Crippen LogP contribution in [0.25, 0.3) is 5.69 Å². The predicted octanol–water partition coefficient (Wildman–Crippen LogP) is 1.16. The third kappa shape index (κ3) is 3.35. The van der Waals surface area contributed by atoms with E-state index < -0.39 is 17.2 Å². The number of aromatic nitrogens is 2. The molecule has 2 heterocycles. The molecule has 6 nitrogen and oxygen atoms in total. The van der Waals surface area contributed by atoms with E-state index in [2.05, 4.69) is 15.7 Å². The van der Waals surface area contributed by atoms with Gasteiger partial charge in [0.25, 0.3) is 5.91 Å². The second kappa shape index (κ2) is 6.92. The van der Waals surface area contributed by atoms with Crippen LogP contribution in [0.1, 0.15) is 29.0 Å². The first-order valence-electron chi connectivity index (χ1n) is 7.94. The highest BCUT2D eigenvalue weighted by Crippen LogP contribution is 2.13. The molecule has 3 rings (SSSR count). The molecule has 7 heteroatoms. The maximum atomic E-state index is 14.0. The lowest BCUT2D eigenvalue weighted by Crippen LogP contribution is -2.44. The van der Waals surface area contributed by atoms with Crippen LogP contribution in [-0.4, -0.2) is 34.8 Å². The minimum atomic E-state index is -0.517. The number of hydrogen-bond donors (Lipinski definition) is 2. The van der Waals surface area contributed by atoms with Gasteiger partial charge in [0, 0.05) is 17.8 Å². The van der Waals surface area contributed by atoms with Gasteiger partial charge in [0.05, 0.1) is 0 Å². The molecule has 126 valence electrons. The van der Waals surface area contributed by atoms with Crippen molar-refractivity contribution in [3.05, 3.63) is 57.8 Å². The smallest absolute Gasteiger partial charge is 0.276 e. The highest BCUT2D eigenvalue weighted by atomic mass is 19.1. The van der Waals surface area contributed by atoms with E-state index in [-0.39, 0.29) is 17.4 Å². The molecule has 0 spiro atoms. The van der Waals surface area contributed by atoms with Gasteiger partial charge in [0.2, 0.25) is 5.43 Å². The first kappa shape index (κ1) is 16.3. The number of nitrogens with one attached hydrogen (secondary N) is 2. The van der Waals surface area contributed by atoms with Gasteiger partial charge in [-0.25, -0.2) is 9.07 Å². The molecule has 24 heavy (non-hydrogen) atoms. The number of halogens is 1. The standard InChI is InChI=1S/C17H19FN4O2/c1-11-10-15(23)16(17(24)20-12-6-8-19-9-7-12)21-22(11)14-5-3-2-4-13(14)18/h2-5,10,12,19H,6-9H2,1H3,(H,20,24). The van der Waals surface area contributed by atoms with Crippen LogP contribution in [0.4, 0.5) is 4.39 Å². The molecular weight excluding hydrogens is 311 g/mol. The number of carbonyl (C=O) groups excluding carboxylic acids is 1. The second-order valence-corrected chi connectivity index (χ2v) is 5.86. The zero-order chi connectivity index (χ0) is 17.1. The van der Waals surface area contributed by atoms with Crippen LogP contribution in [-0.2, 0) is 0 Å². The second-order valence-electron chi connectivity index (χ2n) is 5.86. The SMILES string of the molecule is Cc1cc(=O)c(C(=O)NC2CCNCC2)nn1-c1ccccc1F. The number of nitrogens with zero attached hydrogens (tertiary/aromatic N) is 2. The summed E-state index contributed by atoms with van der Waals surface area (Å²) in [6.45, 7) is 3.30. The summed E-state index contributed by atoms with van der Waals surface area (Å²) >= 11 is 0. The van der Waals surface area contributed by atoms with Gasteiger partial charge in [0.15, 0.2) is 5.69 Å². The lowest BCUT2D eigenvalue weighted by atomic mass is 10.1. The third-order valence-electron chi connectivity index (χ3n) is 4.08. The zero-order valence-corrected chi connectivity index (χ0v) is 13.4. The fraction of sp³-hybridized carbons (Fsp3) is 0.353. The van der Waals surface area contributed by atoms with Gasteiger partial charge in [-0.3, -0.25) is 9.59 Å². The summed E-state index contributed by atoms with van der Waals surface area (Å²) in [5.41, 5.74) is -0.0247. The average Bonchev–Trinajstić information content (AvgIpc) is 2.57. The maximum Gasteiger partial charge on any atom is 0.276 e. The van der Waals surface area contributed by atoms with Gasteiger partial charge in [0.1, 0.15) is 11.5 Å². The highest BCUT2D eigenvalue weighted by Gasteiger charge is 2.21. The van der Waals surface area contributed by atoms with Gasteiger partial charge in [-0.1, -0.05) is 12.1 Å². The first-order chi connectivity index (χ1) is 11.6. The van der Waals surface area contributed by atoms with E-state index >= 15 is 0 Å². The minimum Gasteiger partial charge on any atom is -0.348 e. The number of para-hydroxylation sites is 1. The van der Waals surface area contributed by atoms with Crippen molar-refractivity contribution in [3.63, 3.8) is 0 Å². The van der Waals surface area contributed by atoms with Crippen LogP contribution in [0.3, 0.4) is 0 Å². The number of piperidine rings is 1. The molecule has 2 N–H and O–H groups in total. The lowest BCUT2D eigenvalue weighted by Gasteiger charge is -2.23. The number of rotatable bonds is 3. The largest absolute Gasteiger partial charge is 0.348 e. The fourth-order valence-electron chi connectivity index (χ4n) is 2.79. The quantitative estimate of drug-likeness (QED) is 0.885. The van der Waals surface area contributed by atoms with Gasteiger partial charge in [-0.15, -0.1) is 0 Å². The van der Waals surface area contributed by atoms with E-state index in [0.29, 0.717) is 5.69 Å². The molecule has 1 fully saturated rings. The van der Waals surface area contributed by atoms with E-state index in [1.807, 2.05) is 0 Å². The molecular formula is C17H19FN4O2. The monoisotopic (exact) mass is 330 g/mol. The summed E-state index contributed by atoms with van der Waals surface area (Å²) in [5, 5.41) is 10.2. The molecule has 0 aliphatic carbocycles. The topological polar surface area (TPSA) is 76.0 Å². The van der Waals surface area contributed by atoms with E-state index in [9.17, 15) is 14.0 Å². The molecule has 1 amide bonds. The summed E-state index contributed by atoms with van der Waals surface area (Å²) in [5.74, 6) is -0.988. The normalized spacial score (nSPS) is 15.2. The summed E-state index contributed by atoms with van der Waals surface area (Å²) in [4.78, 5) is 24.6. The Morgan fingerprint density at radius 1 is 1.33 bits per heavy atom. The minimum absolute atomic E-state index is 0.0168. The maximum absolute atomic E-state index is 14.0. The predicted molar refractivity (Wildman–Crippen MR) is 87.9 cm³/mol. The van der Waals surface area contributed by atoms with E-state index in [4.69, 9.17) is 0 Å². The molecule has 1 aromatic heterocycles. The Hall–Kier alpha value is -2.54. The molecule has 0 bridgehead atoms. The third-order valence-corrected chi connectivity index (χ3v) is 4.08. The summed E-state index contributed by atoms with van der Waals surface area (Å²) in [6, 6.07) is 7.42. The Kier molecular flexibility index (Phi) is 4.71. The zero-order valence-electron chi connectivity index (χ0n) is 13.4. The molecule has 0 radical (unpaired) electrons. The fourth-order valence-corrected chi connectivity index (χ4v) is 2.79. The molecule has 1 aliphatic heterocycles. The van der Waals surface area contributed by atoms with E-state index in [1.165, 1.54) is 16.8 Å². The van der Waals surface area contributed by atoms with Crippen molar-refractivity contribution in [2.75, 3.05) is 13.1 Å². The van der Waals surface area contributed by atoms with Gasteiger partial charge < -0.3 is 10.6 Å². The number of hydrogen-bond acceptors (Lipinski definition) is 4.